The molecule has 0 aliphatic carbocycles. The van der Waals surface area contributed by atoms with E-state index in [0.717, 1.165) is 6.42 Å². The number of rotatable bonds is 3. The summed E-state index contributed by atoms with van der Waals surface area (Å²) < 4.78 is 0. The van der Waals surface area contributed by atoms with Crippen LogP contribution < -0.4 is 5.90 Å². The molecule has 3 heteroatoms. The van der Waals surface area contributed by atoms with Crippen molar-refractivity contribution in [1.82, 2.24) is 4.98 Å². The van der Waals surface area contributed by atoms with Crippen molar-refractivity contribution in [3.8, 4) is 0 Å². The maximum Gasteiger partial charge on any atom is 0.0720 e. The number of H-pyrrole nitrogens is 1. The van der Waals surface area contributed by atoms with Crippen LogP contribution in [0.25, 0.3) is 0 Å². The first-order chi connectivity index (χ1) is 4.43. The Labute approximate surface area is 53.8 Å². The molecule has 0 unspecified atom stereocenters. The largest absolute Gasteiger partial charge is 0.367 e. The van der Waals surface area contributed by atoms with Crippen molar-refractivity contribution in [1.29, 1.82) is 0 Å². The molecule has 0 radical (unpaired) electrons. The van der Waals surface area contributed by atoms with Gasteiger partial charge in [0, 0.05) is 12.4 Å². The lowest BCUT2D eigenvalue weighted by Crippen LogP contribution is -2.02. The molecule has 0 saturated carbocycles. The van der Waals surface area contributed by atoms with Gasteiger partial charge in [0.25, 0.3) is 0 Å². The van der Waals surface area contributed by atoms with Crippen molar-refractivity contribution in [2.45, 2.75) is 6.42 Å². The highest BCUT2D eigenvalue weighted by molar-refractivity contribution is 5.07. The fourth-order valence-corrected chi connectivity index (χ4v) is 0.691. The van der Waals surface area contributed by atoms with E-state index in [1.807, 2.05) is 18.5 Å². The molecule has 0 aliphatic rings. The van der Waals surface area contributed by atoms with Gasteiger partial charge in [-0.05, 0) is 18.1 Å². The van der Waals surface area contributed by atoms with Crippen LogP contribution >= 0.6 is 0 Å². The second-order valence-corrected chi connectivity index (χ2v) is 1.84. The third-order valence-electron chi connectivity index (χ3n) is 1.17. The maximum absolute atomic E-state index is 4.83. The van der Waals surface area contributed by atoms with Crippen molar-refractivity contribution >= 4 is 0 Å². The molecule has 3 N–H and O–H groups in total. The molecule has 1 aromatic rings. The van der Waals surface area contributed by atoms with Crippen molar-refractivity contribution < 1.29 is 4.84 Å². The van der Waals surface area contributed by atoms with Gasteiger partial charge in [-0.1, -0.05) is 0 Å². The highest BCUT2D eigenvalue weighted by atomic mass is 16.6. The quantitative estimate of drug-likeness (QED) is 0.577. The van der Waals surface area contributed by atoms with Gasteiger partial charge in [-0.3, -0.25) is 0 Å². The molecule has 0 amide bonds. The van der Waals surface area contributed by atoms with Gasteiger partial charge in [-0.15, -0.1) is 0 Å². The fourth-order valence-electron chi connectivity index (χ4n) is 0.691. The summed E-state index contributed by atoms with van der Waals surface area (Å²) in [7, 11) is 0. The van der Waals surface area contributed by atoms with Crippen LogP contribution in [0.3, 0.4) is 0 Å². The molecule has 0 aliphatic heterocycles. The van der Waals surface area contributed by atoms with Crippen LogP contribution in [0, 0.1) is 0 Å². The molecule has 9 heavy (non-hydrogen) atoms. The molecule has 0 spiro atoms. The first kappa shape index (κ1) is 6.32. The highest BCUT2D eigenvalue weighted by Crippen LogP contribution is 1.96. The lowest BCUT2D eigenvalue weighted by Gasteiger charge is -1.92. The standard InChI is InChI=1S/C6H10N2O/c7-9-4-2-6-1-3-8-5-6/h1,3,5,8H,2,4,7H2. The van der Waals surface area contributed by atoms with Crippen molar-refractivity contribution in [3.63, 3.8) is 0 Å². The van der Waals surface area contributed by atoms with E-state index >= 15 is 0 Å². The average Bonchev–Trinajstić information content (AvgIpc) is 2.34. The van der Waals surface area contributed by atoms with Gasteiger partial charge in [0.15, 0.2) is 0 Å². The van der Waals surface area contributed by atoms with Gasteiger partial charge in [-0.25, -0.2) is 5.90 Å². The summed E-state index contributed by atoms with van der Waals surface area (Å²) in [6.45, 7) is 0.581. The van der Waals surface area contributed by atoms with Gasteiger partial charge in [-0.2, -0.15) is 0 Å². The predicted octanol–water partition coefficient (Wildman–Crippen LogP) is 0.447. The number of hydrogen-bond donors (Lipinski definition) is 2. The molecular weight excluding hydrogens is 116 g/mol. The van der Waals surface area contributed by atoms with Gasteiger partial charge in [0.1, 0.15) is 0 Å². The van der Waals surface area contributed by atoms with Crippen LogP contribution in [0.1, 0.15) is 5.56 Å². The predicted molar refractivity (Wildman–Crippen MR) is 34.6 cm³/mol. The third kappa shape index (κ3) is 1.87. The van der Waals surface area contributed by atoms with E-state index in [2.05, 4.69) is 9.82 Å². The zero-order chi connectivity index (χ0) is 6.53. The van der Waals surface area contributed by atoms with E-state index in [4.69, 9.17) is 5.90 Å². The van der Waals surface area contributed by atoms with Gasteiger partial charge < -0.3 is 9.82 Å². The molecule has 1 aromatic heterocycles. The minimum atomic E-state index is 0.581. The molecule has 0 saturated heterocycles. The Bertz CT molecular complexity index is 148. The van der Waals surface area contributed by atoms with E-state index in [0.29, 0.717) is 6.61 Å². The molecule has 1 rings (SSSR count). The van der Waals surface area contributed by atoms with Crippen molar-refractivity contribution in [2.24, 2.45) is 5.90 Å². The summed E-state index contributed by atoms with van der Waals surface area (Å²) in [5.74, 6) is 4.83. The van der Waals surface area contributed by atoms with Crippen molar-refractivity contribution in [3.05, 3.63) is 24.0 Å². The molecule has 0 aromatic carbocycles. The average molecular weight is 126 g/mol. The Hall–Kier alpha value is -0.800. The van der Waals surface area contributed by atoms with Crippen LogP contribution in [0.4, 0.5) is 0 Å². The monoisotopic (exact) mass is 126 g/mol. The van der Waals surface area contributed by atoms with E-state index in [9.17, 15) is 0 Å². The minimum Gasteiger partial charge on any atom is -0.367 e. The highest BCUT2D eigenvalue weighted by Gasteiger charge is 1.89. The van der Waals surface area contributed by atoms with E-state index < -0.39 is 0 Å². The molecular formula is C6H10N2O. The van der Waals surface area contributed by atoms with E-state index in [-0.39, 0.29) is 0 Å². The van der Waals surface area contributed by atoms with E-state index in [1.54, 1.807) is 0 Å². The Balaban J connectivity index is 2.30. The van der Waals surface area contributed by atoms with Crippen molar-refractivity contribution in [2.75, 3.05) is 6.61 Å². The Kier molecular flexibility index (Phi) is 2.30. The summed E-state index contributed by atoms with van der Waals surface area (Å²) in [5, 5.41) is 0. The molecule has 50 valence electrons. The zero-order valence-electron chi connectivity index (χ0n) is 5.13. The fraction of sp³-hybridized carbons (Fsp3) is 0.333. The Morgan fingerprint density at radius 3 is 3.11 bits per heavy atom. The van der Waals surface area contributed by atoms with Gasteiger partial charge in [0.05, 0.1) is 6.61 Å². The first-order valence-corrected chi connectivity index (χ1v) is 2.87. The lowest BCUT2D eigenvalue weighted by atomic mass is 10.3. The summed E-state index contributed by atoms with van der Waals surface area (Å²) >= 11 is 0. The van der Waals surface area contributed by atoms with Crippen LogP contribution in [-0.2, 0) is 11.3 Å². The summed E-state index contributed by atoms with van der Waals surface area (Å²) in [4.78, 5) is 7.34. The first-order valence-electron chi connectivity index (χ1n) is 2.87. The summed E-state index contributed by atoms with van der Waals surface area (Å²) in [6.07, 6.45) is 4.69. The topological polar surface area (TPSA) is 51.0 Å². The van der Waals surface area contributed by atoms with Crippen LogP contribution in [0.2, 0.25) is 0 Å². The molecule has 1 heterocycles. The number of aromatic amines is 1. The molecule has 3 nitrogen and oxygen atoms in total. The molecule has 0 bridgehead atoms. The summed E-state index contributed by atoms with van der Waals surface area (Å²) in [6, 6.07) is 2.00. The molecule has 0 atom stereocenters. The third-order valence-corrected chi connectivity index (χ3v) is 1.17. The molecule has 0 fully saturated rings. The van der Waals surface area contributed by atoms with E-state index in [1.165, 1.54) is 5.56 Å². The maximum atomic E-state index is 4.83. The van der Waals surface area contributed by atoms with Crippen LogP contribution in [0.5, 0.6) is 0 Å². The number of nitrogens with two attached hydrogens (primary N) is 1. The lowest BCUT2D eigenvalue weighted by molar-refractivity contribution is 0.141. The van der Waals surface area contributed by atoms with Crippen LogP contribution in [-0.4, -0.2) is 11.6 Å². The zero-order valence-corrected chi connectivity index (χ0v) is 5.13. The number of nitrogens with one attached hydrogen (secondary N) is 1. The Morgan fingerprint density at radius 1 is 1.67 bits per heavy atom. The Morgan fingerprint density at radius 2 is 2.56 bits per heavy atom. The van der Waals surface area contributed by atoms with Gasteiger partial charge in [0.2, 0.25) is 0 Å². The second-order valence-electron chi connectivity index (χ2n) is 1.84. The van der Waals surface area contributed by atoms with Gasteiger partial charge >= 0.3 is 0 Å². The van der Waals surface area contributed by atoms with Crippen LogP contribution in [0.15, 0.2) is 18.5 Å². The number of aromatic nitrogens is 1. The minimum absolute atomic E-state index is 0.581. The number of hydrogen-bond acceptors (Lipinski definition) is 2. The SMILES string of the molecule is NOCCc1cc[nH]c1. The summed E-state index contributed by atoms with van der Waals surface area (Å²) in [5.41, 5.74) is 1.22. The second kappa shape index (κ2) is 3.27. The normalized spacial score (nSPS) is 9.89. The smallest absolute Gasteiger partial charge is 0.0720 e.